The predicted octanol–water partition coefficient (Wildman–Crippen LogP) is 3.68. The van der Waals surface area contributed by atoms with Crippen LogP contribution in [-0.4, -0.2) is 9.55 Å². The second-order valence-corrected chi connectivity index (χ2v) is 5.65. The van der Waals surface area contributed by atoms with Crippen molar-refractivity contribution in [2.75, 3.05) is 0 Å². The Morgan fingerprint density at radius 2 is 1.91 bits per heavy atom. The van der Waals surface area contributed by atoms with Gasteiger partial charge in [0.05, 0.1) is 0 Å². The summed E-state index contributed by atoms with van der Waals surface area (Å²) in [6.07, 6.45) is 3.70. The average molecular weight is 309 g/mol. The standard InChI is InChI=1S/C19H20FN3/c1-14(17-9-5-8-16(12-21)18(17)20)19-22-10-11-23(19)13-15-6-3-2-4-7-15/h2-11,14H,12-13,21H2,1H3. The Morgan fingerprint density at radius 3 is 2.65 bits per heavy atom. The van der Waals surface area contributed by atoms with Crippen LogP contribution in [0.15, 0.2) is 60.9 Å². The molecule has 0 saturated heterocycles. The summed E-state index contributed by atoms with van der Waals surface area (Å²) in [4.78, 5) is 4.45. The predicted molar refractivity (Wildman–Crippen MR) is 89.6 cm³/mol. The summed E-state index contributed by atoms with van der Waals surface area (Å²) in [5, 5.41) is 0. The zero-order valence-corrected chi connectivity index (χ0v) is 13.1. The SMILES string of the molecule is CC(c1cccc(CN)c1F)c1nccn1Cc1ccccc1. The maximum absolute atomic E-state index is 14.6. The van der Waals surface area contributed by atoms with Crippen molar-refractivity contribution in [1.82, 2.24) is 9.55 Å². The molecule has 0 bridgehead atoms. The van der Waals surface area contributed by atoms with Crippen molar-refractivity contribution >= 4 is 0 Å². The van der Waals surface area contributed by atoms with Crippen molar-refractivity contribution < 1.29 is 4.39 Å². The molecule has 3 rings (SSSR count). The fourth-order valence-corrected chi connectivity index (χ4v) is 2.85. The summed E-state index contributed by atoms with van der Waals surface area (Å²) >= 11 is 0. The number of hydrogen-bond acceptors (Lipinski definition) is 2. The lowest BCUT2D eigenvalue weighted by molar-refractivity contribution is 0.576. The molecule has 0 aliphatic rings. The number of imidazole rings is 1. The van der Waals surface area contributed by atoms with Gasteiger partial charge in [0, 0.05) is 37.0 Å². The molecular formula is C19H20FN3. The molecule has 2 N–H and O–H groups in total. The highest BCUT2D eigenvalue weighted by Crippen LogP contribution is 2.27. The van der Waals surface area contributed by atoms with Crippen LogP contribution in [0.1, 0.15) is 35.4 Å². The highest BCUT2D eigenvalue weighted by molar-refractivity contribution is 5.32. The fraction of sp³-hybridized carbons (Fsp3) is 0.211. The molecule has 23 heavy (non-hydrogen) atoms. The maximum Gasteiger partial charge on any atom is 0.131 e. The Bertz CT molecular complexity index is 780. The van der Waals surface area contributed by atoms with Crippen LogP contribution in [0.2, 0.25) is 0 Å². The first-order valence-electron chi connectivity index (χ1n) is 7.73. The van der Waals surface area contributed by atoms with Crippen molar-refractivity contribution in [1.29, 1.82) is 0 Å². The van der Waals surface area contributed by atoms with E-state index in [1.165, 1.54) is 5.56 Å². The minimum Gasteiger partial charge on any atom is -0.330 e. The average Bonchev–Trinajstić information content (AvgIpc) is 3.03. The molecule has 0 aliphatic carbocycles. The third-order valence-electron chi connectivity index (χ3n) is 4.13. The summed E-state index contributed by atoms with van der Waals surface area (Å²) in [5.74, 6) is 0.485. The molecule has 2 aromatic carbocycles. The molecule has 118 valence electrons. The lowest BCUT2D eigenvalue weighted by Crippen LogP contribution is -2.11. The van der Waals surface area contributed by atoms with E-state index >= 15 is 0 Å². The van der Waals surface area contributed by atoms with E-state index in [1.54, 1.807) is 18.3 Å². The number of halogens is 1. The van der Waals surface area contributed by atoms with Crippen LogP contribution in [-0.2, 0) is 13.1 Å². The van der Waals surface area contributed by atoms with Gasteiger partial charge in [-0.05, 0) is 11.1 Å². The monoisotopic (exact) mass is 309 g/mol. The van der Waals surface area contributed by atoms with Gasteiger partial charge in [-0.3, -0.25) is 0 Å². The van der Waals surface area contributed by atoms with Gasteiger partial charge in [0.2, 0.25) is 0 Å². The van der Waals surface area contributed by atoms with Crippen molar-refractivity contribution in [2.24, 2.45) is 5.73 Å². The number of hydrogen-bond donors (Lipinski definition) is 1. The van der Waals surface area contributed by atoms with Crippen molar-refractivity contribution in [3.63, 3.8) is 0 Å². The Hall–Kier alpha value is -2.46. The lowest BCUT2D eigenvalue weighted by Gasteiger charge is -2.16. The highest BCUT2D eigenvalue weighted by atomic mass is 19.1. The molecule has 0 radical (unpaired) electrons. The van der Waals surface area contributed by atoms with Gasteiger partial charge in [-0.15, -0.1) is 0 Å². The van der Waals surface area contributed by atoms with Crippen molar-refractivity contribution in [3.8, 4) is 0 Å². The number of rotatable bonds is 5. The van der Waals surface area contributed by atoms with Crippen LogP contribution < -0.4 is 5.73 Å². The molecule has 0 saturated carbocycles. The minimum absolute atomic E-state index is 0.139. The van der Waals surface area contributed by atoms with E-state index < -0.39 is 0 Å². The molecule has 1 atom stereocenters. The molecule has 3 nitrogen and oxygen atoms in total. The molecule has 1 unspecified atom stereocenters. The molecule has 0 spiro atoms. The topological polar surface area (TPSA) is 43.8 Å². The molecule has 4 heteroatoms. The summed E-state index contributed by atoms with van der Waals surface area (Å²) in [6, 6.07) is 15.5. The zero-order valence-electron chi connectivity index (χ0n) is 13.1. The first-order chi connectivity index (χ1) is 11.2. The summed E-state index contributed by atoms with van der Waals surface area (Å²) < 4.78 is 16.6. The van der Waals surface area contributed by atoms with Crippen molar-refractivity contribution in [3.05, 3.63) is 89.3 Å². The van der Waals surface area contributed by atoms with Gasteiger partial charge in [-0.25, -0.2) is 9.37 Å². The van der Waals surface area contributed by atoms with Crippen LogP contribution in [0.5, 0.6) is 0 Å². The zero-order chi connectivity index (χ0) is 16.2. The number of aromatic nitrogens is 2. The Balaban J connectivity index is 1.92. The molecule has 1 heterocycles. The summed E-state index contributed by atoms with van der Waals surface area (Å²) in [5.41, 5.74) is 7.97. The first-order valence-corrected chi connectivity index (χ1v) is 7.73. The van der Waals surface area contributed by atoms with Gasteiger partial charge in [0.1, 0.15) is 11.6 Å². The fourth-order valence-electron chi connectivity index (χ4n) is 2.85. The molecule has 3 aromatic rings. The smallest absolute Gasteiger partial charge is 0.131 e. The third kappa shape index (κ3) is 3.17. The van der Waals surface area contributed by atoms with Crippen LogP contribution in [0.25, 0.3) is 0 Å². The largest absolute Gasteiger partial charge is 0.330 e. The van der Waals surface area contributed by atoms with Gasteiger partial charge in [-0.1, -0.05) is 55.5 Å². The third-order valence-corrected chi connectivity index (χ3v) is 4.13. The molecule has 0 amide bonds. The van der Waals surface area contributed by atoms with Crippen LogP contribution >= 0.6 is 0 Å². The van der Waals surface area contributed by atoms with E-state index in [2.05, 4.69) is 21.7 Å². The molecule has 0 fully saturated rings. The van der Waals surface area contributed by atoms with Gasteiger partial charge in [-0.2, -0.15) is 0 Å². The minimum atomic E-state index is -0.225. The van der Waals surface area contributed by atoms with E-state index in [-0.39, 0.29) is 18.3 Å². The molecular weight excluding hydrogens is 289 g/mol. The van der Waals surface area contributed by atoms with E-state index in [0.29, 0.717) is 11.1 Å². The van der Waals surface area contributed by atoms with E-state index in [9.17, 15) is 4.39 Å². The quantitative estimate of drug-likeness (QED) is 0.781. The number of nitrogens with zero attached hydrogens (tertiary/aromatic N) is 2. The molecule has 0 aliphatic heterocycles. The summed E-state index contributed by atoms with van der Waals surface area (Å²) in [6.45, 7) is 2.89. The lowest BCUT2D eigenvalue weighted by atomic mass is 9.97. The van der Waals surface area contributed by atoms with E-state index in [4.69, 9.17) is 5.73 Å². The van der Waals surface area contributed by atoms with Gasteiger partial charge in [0.15, 0.2) is 0 Å². The second-order valence-electron chi connectivity index (χ2n) is 5.65. The van der Waals surface area contributed by atoms with Crippen molar-refractivity contribution in [2.45, 2.75) is 25.9 Å². The van der Waals surface area contributed by atoms with Gasteiger partial charge in [0.25, 0.3) is 0 Å². The van der Waals surface area contributed by atoms with Gasteiger partial charge >= 0.3 is 0 Å². The Kier molecular flexibility index (Phi) is 4.53. The van der Waals surface area contributed by atoms with Crippen LogP contribution in [0.3, 0.4) is 0 Å². The Labute approximate surface area is 135 Å². The normalized spacial score (nSPS) is 12.3. The Morgan fingerprint density at radius 1 is 1.13 bits per heavy atom. The highest BCUT2D eigenvalue weighted by Gasteiger charge is 2.19. The second kappa shape index (κ2) is 6.75. The first kappa shape index (κ1) is 15.4. The summed E-state index contributed by atoms with van der Waals surface area (Å²) in [7, 11) is 0. The van der Waals surface area contributed by atoms with E-state index in [1.807, 2.05) is 37.4 Å². The van der Waals surface area contributed by atoms with Crippen LogP contribution in [0, 0.1) is 5.82 Å². The van der Waals surface area contributed by atoms with E-state index in [0.717, 1.165) is 12.4 Å². The van der Waals surface area contributed by atoms with Crippen LogP contribution in [0.4, 0.5) is 4.39 Å². The maximum atomic E-state index is 14.6. The van der Waals surface area contributed by atoms with Gasteiger partial charge < -0.3 is 10.3 Å². The molecule has 1 aromatic heterocycles. The number of benzene rings is 2. The number of nitrogens with two attached hydrogens (primary N) is 1.